The highest BCUT2D eigenvalue weighted by Crippen LogP contribution is 2.38. The zero-order valence-corrected chi connectivity index (χ0v) is 15.8. The van der Waals surface area contributed by atoms with Gasteiger partial charge in [0.1, 0.15) is 12.0 Å². The number of hydrogen-bond acceptors (Lipinski definition) is 6. The van der Waals surface area contributed by atoms with Gasteiger partial charge in [-0.3, -0.25) is 10.6 Å². The molecule has 26 heavy (non-hydrogen) atoms. The molecular formula is C20H31N5O. The molecule has 0 amide bonds. The lowest BCUT2D eigenvalue weighted by atomic mass is 9.93. The number of anilines is 1. The first-order valence-corrected chi connectivity index (χ1v) is 9.88. The molecular weight excluding hydrogens is 326 g/mol. The van der Waals surface area contributed by atoms with Gasteiger partial charge in [-0.15, -0.1) is 0 Å². The fourth-order valence-electron chi connectivity index (χ4n) is 4.15. The third kappa shape index (κ3) is 3.88. The second kappa shape index (κ2) is 7.96. The van der Waals surface area contributed by atoms with Crippen molar-refractivity contribution < 1.29 is 4.74 Å². The molecule has 3 unspecified atom stereocenters. The molecule has 3 aliphatic heterocycles. The molecule has 6 nitrogen and oxygen atoms in total. The SMILES string of the molecule is CNC1CC(C)NC(Nc2cc3c(c(C4=CCNCC4)c2)OCCC3)N1. The molecule has 4 rings (SSSR count). The summed E-state index contributed by atoms with van der Waals surface area (Å²) in [5, 5.41) is 17.5. The van der Waals surface area contributed by atoms with E-state index >= 15 is 0 Å². The zero-order chi connectivity index (χ0) is 17.9. The van der Waals surface area contributed by atoms with E-state index in [0.717, 1.165) is 56.8 Å². The molecule has 0 spiro atoms. The average Bonchev–Trinajstić information content (AvgIpc) is 2.67. The highest BCUT2D eigenvalue weighted by Gasteiger charge is 2.25. The standard InChI is InChI=1S/C20H31N5O/c1-13-10-18(21-2)25-20(23-13)24-16-11-15-4-3-9-26-19(15)17(12-16)14-5-7-22-8-6-14/h5,11-13,18,20-25H,3-4,6-10H2,1-2H3. The maximum atomic E-state index is 6.07. The van der Waals surface area contributed by atoms with Crippen LogP contribution in [0.2, 0.25) is 0 Å². The van der Waals surface area contributed by atoms with Gasteiger partial charge in [-0.1, -0.05) is 6.08 Å². The maximum absolute atomic E-state index is 6.07. The molecule has 5 N–H and O–H groups in total. The van der Waals surface area contributed by atoms with Gasteiger partial charge in [-0.2, -0.15) is 0 Å². The molecule has 0 bridgehead atoms. The van der Waals surface area contributed by atoms with Crippen LogP contribution in [-0.2, 0) is 6.42 Å². The summed E-state index contributed by atoms with van der Waals surface area (Å²) in [5.74, 6) is 1.10. The van der Waals surface area contributed by atoms with Crippen molar-refractivity contribution in [2.24, 2.45) is 0 Å². The van der Waals surface area contributed by atoms with Crippen LogP contribution in [0, 0.1) is 0 Å². The van der Waals surface area contributed by atoms with Crippen molar-refractivity contribution in [3.05, 3.63) is 29.3 Å². The fraction of sp³-hybridized carbons (Fsp3) is 0.600. The number of ether oxygens (including phenoxy) is 1. The van der Waals surface area contributed by atoms with Gasteiger partial charge in [0.25, 0.3) is 0 Å². The predicted molar refractivity (Wildman–Crippen MR) is 106 cm³/mol. The van der Waals surface area contributed by atoms with E-state index in [4.69, 9.17) is 4.74 Å². The number of fused-ring (bicyclic) bond motifs is 1. The first-order chi connectivity index (χ1) is 12.7. The molecule has 6 heteroatoms. The summed E-state index contributed by atoms with van der Waals surface area (Å²) in [7, 11) is 2.00. The van der Waals surface area contributed by atoms with E-state index in [1.54, 1.807) is 0 Å². The summed E-state index contributed by atoms with van der Waals surface area (Å²) in [6.45, 7) is 5.03. The van der Waals surface area contributed by atoms with Gasteiger partial charge in [0.2, 0.25) is 0 Å². The van der Waals surface area contributed by atoms with Crippen LogP contribution in [0.1, 0.15) is 37.3 Å². The van der Waals surface area contributed by atoms with Crippen molar-refractivity contribution in [2.45, 2.75) is 51.1 Å². The topological polar surface area (TPSA) is 69.4 Å². The van der Waals surface area contributed by atoms with Gasteiger partial charge in [-0.25, -0.2) is 0 Å². The van der Waals surface area contributed by atoms with Crippen LogP contribution >= 0.6 is 0 Å². The van der Waals surface area contributed by atoms with E-state index in [0.29, 0.717) is 12.2 Å². The van der Waals surface area contributed by atoms with E-state index < -0.39 is 0 Å². The first-order valence-electron chi connectivity index (χ1n) is 9.88. The number of aryl methyl sites for hydroxylation is 1. The summed E-state index contributed by atoms with van der Waals surface area (Å²) >= 11 is 0. The number of benzene rings is 1. The normalized spacial score (nSPS) is 28.7. The van der Waals surface area contributed by atoms with E-state index in [-0.39, 0.29) is 6.29 Å². The Morgan fingerprint density at radius 3 is 2.92 bits per heavy atom. The van der Waals surface area contributed by atoms with Crippen LogP contribution in [0.5, 0.6) is 5.75 Å². The smallest absolute Gasteiger partial charge is 0.133 e. The number of hydrogen-bond donors (Lipinski definition) is 5. The van der Waals surface area contributed by atoms with E-state index in [1.165, 1.54) is 16.7 Å². The highest BCUT2D eigenvalue weighted by atomic mass is 16.5. The second-order valence-corrected chi connectivity index (χ2v) is 7.54. The Morgan fingerprint density at radius 1 is 1.19 bits per heavy atom. The van der Waals surface area contributed by atoms with Gasteiger partial charge < -0.3 is 20.7 Å². The molecule has 142 valence electrons. The van der Waals surface area contributed by atoms with Gasteiger partial charge in [0, 0.05) is 23.8 Å². The molecule has 0 saturated carbocycles. The van der Waals surface area contributed by atoms with Crippen molar-refractivity contribution in [3.63, 3.8) is 0 Å². The Bertz CT molecular complexity index is 674. The lowest BCUT2D eigenvalue weighted by Gasteiger charge is -2.37. The van der Waals surface area contributed by atoms with Crippen molar-refractivity contribution in [1.82, 2.24) is 21.3 Å². The highest BCUT2D eigenvalue weighted by molar-refractivity contribution is 5.76. The molecule has 1 aromatic rings. The molecule has 1 saturated heterocycles. The molecule has 3 aliphatic rings. The van der Waals surface area contributed by atoms with Crippen molar-refractivity contribution in [1.29, 1.82) is 0 Å². The summed E-state index contributed by atoms with van der Waals surface area (Å²) in [6, 6.07) is 4.98. The lowest BCUT2D eigenvalue weighted by molar-refractivity contribution is 0.249. The van der Waals surface area contributed by atoms with Crippen LogP contribution in [0.3, 0.4) is 0 Å². The molecule has 0 radical (unpaired) electrons. The molecule has 1 fully saturated rings. The maximum Gasteiger partial charge on any atom is 0.133 e. The largest absolute Gasteiger partial charge is 0.493 e. The summed E-state index contributed by atoms with van der Waals surface area (Å²) in [5.41, 5.74) is 5.14. The van der Waals surface area contributed by atoms with Crippen LogP contribution in [0.15, 0.2) is 18.2 Å². The molecule has 0 aliphatic carbocycles. The molecule has 3 atom stereocenters. The number of rotatable bonds is 4. The predicted octanol–water partition coefficient (Wildman–Crippen LogP) is 1.60. The second-order valence-electron chi connectivity index (χ2n) is 7.54. The van der Waals surface area contributed by atoms with E-state index in [9.17, 15) is 0 Å². The van der Waals surface area contributed by atoms with Crippen LogP contribution in [0.25, 0.3) is 5.57 Å². The molecule has 3 heterocycles. The lowest BCUT2D eigenvalue weighted by Crippen LogP contribution is -2.63. The minimum Gasteiger partial charge on any atom is -0.493 e. The Balaban J connectivity index is 1.61. The minimum absolute atomic E-state index is 0.0496. The Morgan fingerprint density at radius 2 is 2.12 bits per heavy atom. The third-order valence-corrected chi connectivity index (χ3v) is 5.48. The van der Waals surface area contributed by atoms with Gasteiger partial charge in [0.05, 0.1) is 12.8 Å². The van der Waals surface area contributed by atoms with Gasteiger partial charge >= 0.3 is 0 Å². The number of nitrogens with one attached hydrogen (secondary N) is 5. The van der Waals surface area contributed by atoms with Crippen molar-refractivity contribution in [2.75, 3.05) is 32.1 Å². The van der Waals surface area contributed by atoms with E-state index in [1.807, 2.05) is 7.05 Å². The molecule has 0 aromatic heterocycles. The Hall–Kier alpha value is -1.60. The Kier molecular flexibility index (Phi) is 5.45. The van der Waals surface area contributed by atoms with Crippen LogP contribution in [-0.4, -0.2) is 45.2 Å². The van der Waals surface area contributed by atoms with Gasteiger partial charge in [-0.05, 0) is 69.5 Å². The first kappa shape index (κ1) is 17.8. The summed E-state index contributed by atoms with van der Waals surface area (Å²) in [6.07, 6.45) is 6.97. The molecule has 1 aromatic carbocycles. The minimum atomic E-state index is 0.0496. The van der Waals surface area contributed by atoms with Crippen LogP contribution < -0.4 is 31.3 Å². The monoisotopic (exact) mass is 357 g/mol. The quantitative estimate of drug-likeness (QED) is 0.564. The summed E-state index contributed by atoms with van der Waals surface area (Å²) in [4.78, 5) is 0. The van der Waals surface area contributed by atoms with Crippen LogP contribution in [0.4, 0.5) is 5.69 Å². The van der Waals surface area contributed by atoms with Crippen molar-refractivity contribution >= 4 is 11.3 Å². The fourth-order valence-corrected chi connectivity index (χ4v) is 4.15. The average molecular weight is 358 g/mol. The summed E-state index contributed by atoms with van der Waals surface area (Å²) < 4.78 is 6.07. The van der Waals surface area contributed by atoms with Crippen molar-refractivity contribution in [3.8, 4) is 5.75 Å². The third-order valence-electron chi connectivity index (χ3n) is 5.48. The Labute approximate surface area is 156 Å². The van der Waals surface area contributed by atoms with E-state index in [2.05, 4.69) is 51.7 Å². The van der Waals surface area contributed by atoms with Gasteiger partial charge in [0.15, 0.2) is 0 Å². The zero-order valence-electron chi connectivity index (χ0n) is 15.8.